The molecule has 0 bridgehead atoms. The first-order valence-corrected chi connectivity index (χ1v) is 6.65. The molecule has 0 fully saturated rings. The number of carbonyl (C=O) groups excluding carboxylic acids is 1. The SMILES string of the molecule is COc1cc(C(O)C(O)CSC(C)=O)ccc1Cl. The summed E-state index contributed by atoms with van der Waals surface area (Å²) in [5, 5.41) is 20.0. The van der Waals surface area contributed by atoms with Gasteiger partial charge in [-0.15, -0.1) is 0 Å². The van der Waals surface area contributed by atoms with Gasteiger partial charge in [-0.25, -0.2) is 0 Å². The molecule has 2 unspecified atom stereocenters. The zero-order valence-electron chi connectivity index (χ0n) is 10.1. The molecule has 4 nitrogen and oxygen atoms in total. The summed E-state index contributed by atoms with van der Waals surface area (Å²) in [5.41, 5.74) is 0.493. The number of benzene rings is 1. The molecular formula is C12H15ClO4S. The highest BCUT2D eigenvalue weighted by Gasteiger charge is 2.20. The number of hydrogen-bond donors (Lipinski definition) is 2. The molecule has 0 spiro atoms. The second-order valence-electron chi connectivity index (χ2n) is 3.71. The predicted octanol–water partition coefficient (Wildman–Crippen LogP) is 2.02. The monoisotopic (exact) mass is 290 g/mol. The first-order chi connectivity index (χ1) is 8.45. The number of aliphatic hydroxyl groups excluding tert-OH is 2. The van der Waals surface area contributed by atoms with E-state index in [4.69, 9.17) is 16.3 Å². The van der Waals surface area contributed by atoms with E-state index in [0.717, 1.165) is 11.8 Å². The van der Waals surface area contributed by atoms with Gasteiger partial charge in [0.25, 0.3) is 0 Å². The number of rotatable bonds is 5. The molecule has 0 aliphatic carbocycles. The van der Waals surface area contributed by atoms with Crippen LogP contribution >= 0.6 is 23.4 Å². The number of aliphatic hydroxyl groups is 2. The number of thioether (sulfide) groups is 1. The molecule has 0 amide bonds. The number of carbonyl (C=O) groups is 1. The Kier molecular flexibility index (Phi) is 5.95. The summed E-state index contributed by atoms with van der Waals surface area (Å²) < 4.78 is 5.03. The minimum absolute atomic E-state index is 0.102. The summed E-state index contributed by atoms with van der Waals surface area (Å²) in [4.78, 5) is 10.8. The van der Waals surface area contributed by atoms with Gasteiger partial charge < -0.3 is 14.9 Å². The number of ether oxygens (including phenoxy) is 1. The molecule has 0 saturated carbocycles. The minimum Gasteiger partial charge on any atom is -0.495 e. The Morgan fingerprint density at radius 2 is 2.17 bits per heavy atom. The van der Waals surface area contributed by atoms with E-state index in [9.17, 15) is 15.0 Å². The van der Waals surface area contributed by atoms with E-state index in [-0.39, 0.29) is 10.9 Å². The number of methoxy groups -OCH3 is 1. The molecule has 1 aromatic rings. The summed E-state index contributed by atoms with van der Waals surface area (Å²) in [5.74, 6) is 0.571. The van der Waals surface area contributed by atoms with E-state index >= 15 is 0 Å². The second-order valence-corrected chi connectivity index (χ2v) is 5.31. The van der Waals surface area contributed by atoms with Gasteiger partial charge in [-0.1, -0.05) is 29.4 Å². The Bertz CT molecular complexity index is 425. The maximum absolute atomic E-state index is 10.8. The van der Waals surface area contributed by atoms with Gasteiger partial charge in [-0.3, -0.25) is 4.79 Å². The average molecular weight is 291 g/mol. The molecule has 0 aliphatic rings. The largest absolute Gasteiger partial charge is 0.495 e. The lowest BCUT2D eigenvalue weighted by Crippen LogP contribution is -2.21. The van der Waals surface area contributed by atoms with Crippen LogP contribution < -0.4 is 4.74 Å². The summed E-state index contributed by atoms with van der Waals surface area (Å²) in [6, 6.07) is 4.76. The van der Waals surface area contributed by atoms with Crippen molar-refractivity contribution in [1.29, 1.82) is 0 Å². The topological polar surface area (TPSA) is 66.8 Å². The lowest BCUT2D eigenvalue weighted by Gasteiger charge is -2.18. The fraction of sp³-hybridized carbons (Fsp3) is 0.417. The van der Waals surface area contributed by atoms with Crippen LogP contribution in [0.1, 0.15) is 18.6 Å². The van der Waals surface area contributed by atoms with Gasteiger partial charge in [0, 0.05) is 12.7 Å². The molecule has 6 heteroatoms. The Hall–Kier alpha value is -0.750. The lowest BCUT2D eigenvalue weighted by molar-refractivity contribution is -0.109. The van der Waals surface area contributed by atoms with Crippen molar-refractivity contribution in [1.82, 2.24) is 0 Å². The zero-order chi connectivity index (χ0) is 13.7. The first-order valence-electron chi connectivity index (χ1n) is 5.28. The minimum atomic E-state index is -1.08. The summed E-state index contributed by atoms with van der Waals surface area (Å²) in [6.45, 7) is 1.41. The molecule has 2 N–H and O–H groups in total. The number of halogens is 1. The smallest absolute Gasteiger partial charge is 0.185 e. The Labute approximate surface area is 115 Å². The standard InChI is InChI=1S/C12H15ClO4S/c1-7(14)18-6-10(15)12(16)8-3-4-9(13)11(5-8)17-2/h3-5,10,12,15-16H,6H2,1-2H3. The molecule has 18 heavy (non-hydrogen) atoms. The van der Waals surface area contributed by atoms with Crippen molar-refractivity contribution in [3.05, 3.63) is 28.8 Å². The molecule has 0 aliphatic heterocycles. The molecule has 0 saturated heterocycles. The van der Waals surface area contributed by atoms with Gasteiger partial charge in [0.15, 0.2) is 5.12 Å². The van der Waals surface area contributed by atoms with E-state index in [1.54, 1.807) is 18.2 Å². The van der Waals surface area contributed by atoms with Gasteiger partial charge in [0.05, 0.1) is 18.2 Å². The highest BCUT2D eigenvalue weighted by molar-refractivity contribution is 8.13. The second kappa shape index (κ2) is 6.99. The zero-order valence-corrected chi connectivity index (χ0v) is 11.7. The normalized spacial score (nSPS) is 14.1. The molecule has 0 radical (unpaired) electrons. The third-order valence-electron chi connectivity index (χ3n) is 2.34. The highest BCUT2D eigenvalue weighted by atomic mass is 35.5. The van der Waals surface area contributed by atoms with E-state index in [0.29, 0.717) is 16.3 Å². The van der Waals surface area contributed by atoms with Crippen LogP contribution in [0.15, 0.2) is 18.2 Å². The van der Waals surface area contributed by atoms with Crippen LogP contribution in [0.25, 0.3) is 0 Å². The van der Waals surface area contributed by atoms with Crippen LogP contribution in [0.2, 0.25) is 5.02 Å². The van der Waals surface area contributed by atoms with Crippen LogP contribution in [0.3, 0.4) is 0 Å². The van der Waals surface area contributed by atoms with Crippen LogP contribution in [0.5, 0.6) is 5.75 Å². The van der Waals surface area contributed by atoms with Gasteiger partial charge in [0.1, 0.15) is 11.9 Å². The van der Waals surface area contributed by atoms with E-state index < -0.39 is 12.2 Å². The molecule has 0 heterocycles. The first kappa shape index (κ1) is 15.3. The summed E-state index contributed by atoms with van der Waals surface area (Å²) in [7, 11) is 1.47. The lowest BCUT2D eigenvalue weighted by atomic mass is 10.1. The maximum atomic E-state index is 10.8. The molecule has 2 atom stereocenters. The van der Waals surface area contributed by atoms with Gasteiger partial charge in [-0.2, -0.15) is 0 Å². The Morgan fingerprint density at radius 1 is 1.50 bits per heavy atom. The Balaban J connectivity index is 2.76. The third kappa shape index (κ3) is 4.17. The van der Waals surface area contributed by atoms with Crippen LogP contribution in [-0.2, 0) is 4.79 Å². The summed E-state index contributed by atoms with van der Waals surface area (Å²) >= 11 is 6.83. The van der Waals surface area contributed by atoms with E-state index in [1.807, 2.05) is 0 Å². The molecular weight excluding hydrogens is 276 g/mol. The molecule has 100 valence electrons. The average Bonchev–Trinajstić information content (AvgIpc) is 2.35. The fourth-order valence-corrected chi connectivity index (χ4v) is 2.16. The van der Waals surface area contributed by atoms with Gasteiger partial charge in [-0.05, 0) is 17.7 Å². The fourth-order valence-electron chi connectivity index (χ4n) is 1.38. The van der Waals surface area contributed by atoms with Gasteiger partial charge in [0.2, 0.25) is 0 Å². The molecule has 1 rings (SSSR count). The van der Waals surface area contributed by atoms with Crippen molar-refractivity contribution in [2.45, 2.75) is 19.1 Å². The van der Waals surface area contributed by atoms with E-state index in [2.05, 4.69) is 0 Å². The number of hydrogen-bond acceptors (Lipinski definition) is 5. The van der Waals surface area contributed by atoms with Crippen molar-refractivity contribution >= 4 is 28.5 Å². The molecule has 1 aromatic carbocycles. The third-order valence-corrected chi connectivity index (χ3v) is 3.57. The maximum Gasteiger partial charge on any atom is 0.185 e. The highest BCUT2D eigenvalue weighted by Crippen LogP contribution is 2.29. The Morgan fingerprint density at radius 3 is 2.72 bits per heavy atom. The summed E-state index contributed by atoms with van der Waals surface area (Å²) in [6.07, 6.45) is -2.10. The van der Waals surface area contributed by atoms with E-state index in [1.165, 1.54) is 14.0 Å². The van der Waals surface area contributed by atoms with Crippen LogP contribution in [0, 0.1) is 0 Å². The van der Waals surface area contributed by atoms with Gasteiger partial charge >= 0.3 is 0 Å². The quantitative estimate of drug-likeness (QED) is 0.868. The van der Waals surface area contributed by atoms with Crippen molar-refractivity contribution < 1.29 is 19.7 Å². The van der Waals surface area contributed by atoms with Crippen molar-refractivity contribution in [2.24, 2.45) is 0 Å². The van der Waals surface area contributed by atoms with Crippen molar-refractivity contribution in [3.8, 4) is 5.75 Å². The van der Waals surface area contributed by atoms with Crippen molar-refractivity contribution in [2.75, 3.05) is 12.9 Å². The predicted molar refractivity (Wildman–Crippen MR) is 72.1 cm³/mol. The molecule has 0 aromatic heterocycles. The van der Waals surface area contributed by atoms with Crippen LogP contribution in [-0.4, -0.2) is 34.3 Å². The van der Waals surface area contributed by atoms with Crippen LogP contribution in [0.4, 0.5) is 0 Å². The van der Waals surface area contributed by atoms with Crippen molar-refractivity contribution in [3.63, 3.8) is 0 Å².